The molecule has 6 atom stereocenters. The van der Waals surface area contributed by atoms with Crippen LogP contribution in [0.3, 0.4) is 0 Å². The lowest BCUT2D eigenvalue weighted by atomic mass is 9.85. The van der Waals surface area contributed by atoms with Gasteiger partial charge in [-0.1, -0.05) is 171 Å². The number of allylic oxidation sites excluding steroid dienone is 10. The first kappa shape index (κ1) is 57.1. The third kappa shape index (κ3) is 30.7. The zero-order valence-electron chi connectivity index (χ0n) is 37.7. The van der Waals surface area contributed by atoms with Gasteiger partial charge in [-0.2, -0.15) is 0 Å². The van der Waals surface area contributed by atoms with Crippen LogP contribution in [-0.2, 0) is 27.9 Å². The molecule has 1 rings (SSSR count). The SMILES string of the molecule is CC/C=C\C/C=C\C/C=C\C/C=C\C/C=C\CCCCCCCCOCC(COP(=O)(O)OC1C(O)C(O)C(O)C(O)C1O)OC(=O)CCCCCCCCCCCCCC. The molecule has 13 heteroatoms. The minimum Gasteiger partial charge on any atom is -0.457 e. The molecule has 6 N–H and O–H groups in total. The molecule has 0 amide bonds. The van der Waals surface area contributed by atoms with E-state index in [0.29, 0.717) is 13.0 Å². The Morgan fingerprint density at radius 2 is 0.967 bits per heavy atom. The molecular formula is C48H85O12P. The van der Waals surface area contributed by atoms with Gasteiger partial charge in [0.25, 0.3) is 0 Å². The van der Waals surface area contributed by atoms with Gasteiger partial charge in [0.05, 0.1) is 13.2 Å². The maximum absolute atomic E-state index is 12.8. The quantitative estimate of drug-likeness (QED) is 0.0148. The first-order valence-corrected chi connectivity index (χ1v) is 25.1. The zero-order valence-corrected chi connectivity index (χ0v) is 38.6. The molecule has 0 aromatic rings. The van der Waals surface area contributed by atoms with Crippen molar-refractivity contribution in [2.24, 2.45) is 0 Å². The minimum absolute atomic E-state index is 0.0876. The van der Waals surface area contributed by atoms with Crippen LogP contribution in [0.4, 0.5) is 0 Å². The van der Waals surface area contributed by atoms with Crippen molar-refractivity contribution in [3.05, 3.63) is 60.8 Å². The summed E-state index contributed by atoms with van der Waals surface area (Å²) in [5.41, 5.74) is 0. The number of rotatable bonds is 39. The summed E-state index contributed by atoms with van der Waals surface area (Å²) < 4.78 is 34.2. The van der Waals surface area contributed by atoms with Gasteiger partial charge in [-0.05, 0) is 57.8 Å². The summed E-state index contributed by atoms with van der Waals surface area (Å²) >= 11 is 0. The van der Waals surface area contributed by atoms with Gasteiger partial charge in [-0.25, -0.2) is 4.57 Å². The number of hydrogen-bond acceptors (Lipinski definition) is 11. The Kier molecular flexibility index (Phi) is 36.0. The van der Waals surface area contributed by atoms with Crippen molar-refractivity contribution in [2.45, 2.75) is 217 Å². The Hall–Kier alpha value is -1.96. The number of carbonyl (C=O) groups excluding carboxylic acids is 1. The Morgan fingerprint density at radius 1 is 0.541 bits per heavy atom. The van der Waals surface area contributed by atoms with E-state index in [1.54, 1.807) is 0 Å². The summed E-state index contributed by atoms with van der Waals surface area (Å²) in [7, 11) is -5.02. The zero-order chi connectivity index (χ0) is 44.8. The molecule has 0 aromatic heterocycles. The number of aliphatic hydroxyl groups excluding tert-OH is 5. The highest BCUT2D eigenvalue weighted by Crippen LogP contribution is 2.47. The lowest BCUT2D eigenvalue weighted by Crippen LogP contribution is -2.64. The van der Waals surface area contributed by atoms with Crippen LogP contribution in [0, 0.1) is 0 Å². The molecule has 6 unspecified atom stereocenters. The molecule has 1 saturated carbocycles. The summed E-state index contributed by atoms with van der Waals surface area (Å²) in [6.07, 6.45) is 35.7. The van der Waals surface area contributed by atoms with Crippen molar-refractivity contribution in [2.75, 3.05) is 19.8 Å². The van der Waals surface area contributed by atoms with Gasteiger partial charge in [0, 0.05) is 13.0 Å². The Balaban J connectivity index is 2.37. The molecule has 61 heavy (non-hydrogen) atoms. The highest BCUT2D eigenvalue weighted by molar-refractivity contribution is 7.47. The van der Waals surface area contributed by atoms with Crippen molar-refractivity contribution in [3.8, 4) is 0 Å². The summed E-state index contributed by atoms with van der Waals surface area (Å²) in [4.78, 5) is 23.1. The van der Waals surface area contributed by atoms with Crippen molar-refractivity contribution < 1.29 is 58.3 Å². The van der Waals surface area contributed by atoms with E-state index in [9.17, 15) is 39.8 Å². The maximum atomic E-state index is 12.8. The smallest absolute Gasteiger partial charge is 0.457 e. The van der Waals surface area contributed by atoms with Crippen LogP contribution in [0.5, 0.6) is 0 Å². The fraction of sp³-hybridized carbons (Fsp3) is 0.771. The van der Waals surface area contributed by atoms with Crippen LogP contribution in [0.2, 0.25) is 0 Å². The van der Waals surface area contributed by atoms with Crippen molar-refractivity contribution >= 4 is 13.8 Å². The third-order valence-electron chi connectivity index (χ3n) is 10.7. The maximum Gasteiger partial charge on any atom is 0.472 e. The lowest BCUT2D eigenvalue weighted by molar-refractivity contribution is -0.220. The highest BCUT2D eigenvalue weighted by Gasteiger charge is 2.51. The third-order valence-corrected chi connectivity index (χ3v) is 11.6. The number of phosphoric ester groups is 1. The van der Waals surface area contributed by atoms with Crippen LogP contribution < -0.4 is 0 Å². The summed E-state index contributed by atoms with van der Waals surface area (Å²) in [6.45, 7) is 4.10. The van der Waals surface area contributed by atoms with Gasteiger partial charge < -0.3 is 39.9 Å². The molecule has 1 aliphatic carbocycles. The Morgan fingerprint density at radius 3 is 1.48 bits per heavy atom. The largest absolute Gasteiger partial charge is 0.472 e. The van der Waals surface area contributed by atoms with Gasteiger partial charge >= 0.3 is 13.8 Å². The molecule has 0 aromatic carbocycles. The van der Waals surface area contributed by atoms with Crippen LogP contribution >= 0.6 is 7.82 Å². The van der Waals surface area contributed by atoms with Crippen molar-refractivity contribution in [3.63, 3.8) is 0 Å². The Labute approximate surface area is 368 Å². The molecule has 0 saturated heterocycles. The van der Waals surface area contributed by atoms with E-state index in [0.717, 1.165) is 96.3 Å². The minimum atomic E-state index is -5.02. The van der Waals surface area contributed by atoms with E-state index in [1.165, 1.54) is 51.4 Å². The highest BCUT2D eigenvalue weighted by atomic mass is 31.2. The second-order valence-electron chi connectivity index (χ2n) is 16.2. The van der Waals surface area contributed by atoms with Crippen molar-refractivity contribution in [1.82, 2.24) is 0 Å². The Bertz CT molecular complexity index is 1240. The molecule has 0 radical (unpaired) electrons. The van der Waals surface area contributed by atoms with Crippen molar-refractivity contribution in [1.29, 1.82) is 0 Å². The first-order valence-electron chi connectivity index (χ1n) is 23.6. The van der Waals surface area contributed by atoms with E-state index < -0.39 is 63.1 Å². The number of phosphoric acid groups is 1. The number of carbonyl (C=O) groups is 1. The van der Waals surface area contributed by atoms with E-state index in [-0.39, 0.29) is 13.0 Å². The predicted molar refractivity (Wildman–Crippen MR) is 244 cm³/mol. The fourth-order valence-corrected chi connectivity index (χ4v) is 7.88. The summed E-state index contributed by atoms with van der Waals surface area (Å²) in [6, 6.07) is 0. The number of esters is 1. The monoisotopic (exact) mass is 885 g/mol. The second-order valence-corrected chi connectivity index (χ2v) is 17.6. The molecule has 354 valence electrons. The average Bonchev–Trinajstić information content (AvgIpc) is 3.24. The number of hydrogen-bond donors (Lipinski definition) is 6. The lowest BCUT2D eigenvalue weighted by Gasteiger charge is -2.41. The predicted octanol–water partition coefficient (Wildman–Crippen LogP) is 9.81. The second kappa shape index (κ2) is 38.5. The molecule has 1 fully saturated rings. The van der Waals surface area contributed by atoms with E-state index in [4.69, 9.17) is 18.5 Å². The van der Waals surface area contributed by atoms with Gasteiger partial charge in [0.1, 0.15) is 42.7 Å². The van der Waals surface area contributed by atoms with Crippen LogP contribution in [-0.4, -0.2) is 98.9 Å². The molecule has 0 bridgehead atoms. The molecule has 0 spiro atoms. The van der Waals surface area contributed by atoms with Gasteiger partial charge in [-0.15, -0.1) is 0 Å². The fourth-order valence-electron chi connectivity index (χ4n) is 6.91. The van der Waals surface area contributed by atoms with E-state index in [2.05, 4.69) is 74.6 Å². The topological polar surface area (TPSA) is 192 Å². The standard InChI is InChI=1S/C48H85O12P/c1-3-5-7-9-11-13-15-17-18-19-20-21-22-23-24-25-26-28-30-32-34-36-38-57-39-41(59-42(49)37-35-33-31-29-27-16-14-12-10-8-6-4-2)40-58-61(55,56)60-48-46(53)44(51)43(50)45(52)47(48)54/h5,7,11,13,17-18,20-21,23-24,41,43-48,50-54H,3-4,6,8-10,12,14-16,19,22,25-40H2,1-2H3,(H,55,56)/b7-5-,13-11-,18-17-,21-20-,24-23-. The molecule has 1 aliphatic rings. The summed E-state index contributed by atoms with van der Waals surface area (Å²) in [5.74, 6) is -0.485. The molecule has 12 nitrogen and oxygen atoms in total. The molecule has 0 aliphatic heterocycles. The number of unbranched alkanes of at least 4 members (excludes halogenated alkanes) is 17. The van der Waals surface area contributed by atoms with Gasteiger partial charge in [0.2, 0.25) is 0 Å². The normalized spacial score (nSPS) is 22.7. The average molecular weight is 885 g/mol. The van der Waals surface area contributed by atoms with Crippen LogP contribution in [0.1, 0.15) is 174 Å². The number of aliphatic hydroxyl groups is 5. The first-order chi connectivity index (χ1) is 29.5. The molecule has 0 heterocycles. The summed E-state index contributed by atoms with van der Waals surface area (Å²) in [5, 5.41) is 50.2. The number of ether oxygens (including phenoxy) is 2. The van der Waals surface area contributed by atoms with Crippen LogP contribution in [0.25, 0.3) is 0 Å². The van der Waals surface area contributed by atoms with E-state index >= 15 is 0 Å². The van der Waals surface area contributed by atoms with Gasteiger partial charge in [0.15, 0.2) is 0 Å². The van der Waals surface area contributed by atoms with E-state index in [1.807, 2.05) is 0 Å². The van der Waals surface area contributed by atoms with Crippen LogP contribution in [0.15, 0.2) is 60.8 Å². The molecular weight excluding hydrogens is 799 g/mol. The van der Waals surface area contributed by atoms with Gasteiger partial charge in [-0.3, -0.25) is 13.8 Å².